The van der Waals surface area contributed by atoms with Crippen molar-refractivity contribution >= 4 is 16.9 Å². The number of H-pyrrole nitrogens is 1. The van der Waals surface area contributed by atoms with Gasteiger partial charge >= 0.3 is 5.97 Å². The molecule has 0 bridgehead atoms. The Balaban J connectivity index is 1.83. The maximum Gasteiger partial charge on any atom is 0.338 e. The molecule has 0 fully saturated rings. The Morgan fingerprint density at radius 1 is 1.21 bits per heavy atom. The molecule has 1 heterocycles. The summed E-state index contributed by atoms with van der Waals surface area (Å²) in [6, 6.07) is 9.42. The second kappa shape index (κ2) is 6.23. The Labute approximate surface area is 137 Å². The summed E-state index contributed by atoms with van der Waals surface area (Å²) in [6.07, 6.45) is 0. The number of benzene rings is 2. The molecule has 1 N–H and O–H groups in total. The normalized spacial score (nSPS) is 10.8. The Bertz CT molecular complexity index is 995. The minimum Gasteiger partial charge on any atom is -0.454 e. The topological polar surface area (TPSA) is 72.0 Å². The average molecular weight is 326 g/mol. The molecule has 3 aromatic rings. The van der Waals surface area contributed by atoms with Gasteiger partial charge in [-0.1, -0.05) is 18.2 Å². The lowest BCUT2D eigenvalue weighted by Gasteiger charge is -2.07. The molecule has 0 amide bonds. The molecule has 0 atom stereocenters. The van der Waals surface area contributed by atoms with E-state index in [2.05, 4.69) is 9.97 Å². The fourth-order valence-electron chi connectivity index (χ4n) is 2.36. The van der Waals surface area contributed by atoms with Gasteiger partial charge in [0.2, 0.25) is 0 Å². The molecule has 0 aliphatic carbocycles. The largest absolute Gasteiger partial charge is 0.454 e. The molecule has 0 saturated carbocycles. The Kier molecular flexibility index (Phi) is 4.12. The number of aromatic nitrogens is 2. The summed E-state index contributed by atoms with van der Waals surface area (Å²) in [5.41, 5.74) is 1.68. The van der Waals surface area contributed by atoms with E-state index in [1.807, 2.05) is 13.0 Å². The van der Waals surface area contributed by atoms with Crippen LogP contribution >= 0.6 is 0 Å². The number of para-hydroxylation sites is 1. The summed E-state index contributed by atoms with van der Waals surface area (Å²) in [4.78, 5) is 31.0. The standard InChI is InChI=1S/C18H15FN2O3/c1-10-6-7-12(8-14(10)19)18(23)24-9-15-20-16-11(2)4-3-5-13(16)17(22)21-15/h3-8H,9H2,1-2H3,(H,20,21,22). The van der Waals surface area contributed by atoms with Gasteiger partial charge in [0.15, 0.2) is 0 Å². The highest BCUT2D eigenvalue weighted by atomic mass is 19.1. The first-order chi connectivity index (χ1) is 11.5. The summed E-state index contributed by atoms with van der Waals surface area (Å²) in [6.45, 7) is 3.25. The highest BCUT2D eigenvalue weighted by molar-refractivity contribution is 5.89. The molecule has 0 unspecified atom stereocenters. The van der Waals surface area contributed by atoms with Crippen LogP contribution in [0.15, 0.2) is 41.2 Å². The maximum atomic E-state index is 13.5. The SMILES string of the molecule is Cc1ccc(C(=O)OCc2nc3c(C)cccc3c(=O)[nH]2)cc1F. The zero-order chi connectivity index (χ0) is 17.3. The van der Waals surface area contributed by atoms with Crippen LogP contribution in [0.5, 0.6) is 0 Å². The van der Waals surface area contributed by atoms with E-state index < -0.39 is 11.8 Å². The molecule has 0 radical (unpaired) electrons. The predicted octanol–water partition coefficient (Wildman–Crippen LogP) is 3.04. The van der Waals surface area contributed by atoms with Gasteiger partial charge in [-0.15, -0.1) is 0 Å². The van der Waals surface area contributed by atoms with Crippen LogP contribution < -0.4 is 5.56 Å². The highest BCUT2D eigenvalue weighted by Crippen LogP contribution is 2.13. The van der Waals surface area contributed by atoms with Gasteiger partial charge in [-0.05, 0) is 43.2 Å². The Morgan fingerprint density at radius 3 is 2.75 bits per heavy atom. The molecule has 0 aliphatic heterocycles. The molecule has 0 aliphatic rings. The Morgan fingerprint density at radius 2 is 2.00 bits per heavy atom. The molecule has 2 aromatic carbocycles. The predicted molar refractivity (Wildman–Crippen MR) is 87.4 cm³/mol. The zero-order valence-corrected chi connectivity index (χ0v) is 13.2. The van der Waals surface area contributed by atoms with Crippen molar-refractivity contribution in [3.05, 3.63) is 75.1 Å². The summed E-state index contributed by atoms with van der Waals surface area (Å²) < 4.78 is 18.6. The molecule has 3 rings (SSSR count). The highest BCUT2D eigenvalue weighted by Gasteiger charge is 2.12. The van der Waals surface area contributed by atoms with Gasteiger partial charge in [-0.25, -0.2) is 14.2 Å². The molecule has 5 nitrogen and oxygen atoms in total. The number of nitrogens with one attached hydrogen (secondary N) is 1. The number of esters is 1. The van der Waals surface area contributed by atoms with Crippen molar-refractivity contribution in [2.45, 2.75) is 20.5 Å². The van der Waals surface area contributed by atoms with Gasteiger partial charge in [0.1, 0.15) is 18.2 Å². The first kappa shape index (κ1) is 15.9. The molecule has 122 valence electrons. The number of aryl methyl sites for hydroxylation is 2. The lowest BCUT2D eigenvalue weighted by Crippen LogP contribution is -2.15. The first-order valence-corrected chi connectivity index (χ1v) is 7.37. The quantitative estimate of drug-likeness (QED) is 0.751. The number of fused-ring (bicyclic) bond motifs is 1. The zero-order valence-electron chi connectivity index (χ0n) is 13.2. The van der Waals surface area contributed by atoms with Crippen LogP contribution in [0.1, 0.15) is 27.3 Å². The second-order valence-corrected chi connectivity index (χ2v) is 5.52. The number of hydrogen-bond acceptors (Lipinski definition) is 4. The third-order valence-corrected chi connectivity index (χ3v) is 3.73. The van der Waals surface area contributed by atoms with Crippen LogP contribution in [0, 0.1) is 19.7 Å². The van der Waals surface area contributed by atoms with Crippen LogP contribution in [0.4, 0.5) is 4.39 Å². The van der Waals surface area contributed by atoms with E-state index in [-0.39, 0.29) is 23.6 Å². The van der Waals surface area contributed by atoms with Crippen molar-refractivity contribution in [3.63, 3.8) is 0 Å². The average Bonchev–Trinajstić information content (AvgIpc) is 2.56. The Hall–Kier alpha value is -3.02. The van der Waals surface area contributed by atoms with Gasteiger partial charge in [-0.3, -0.25) is 4.79 Å². The maximum absolute atomic E-state index is 13.5. The second-order valence-electron chi connectivity index (χ2n) is 5.52. The van der Waals surface area contributed by atoms with E-state index in [0.717, 1.165) is 11.6 Å². The van der Waals surface area contributed by atoms with Gasteiger partial charge in [0, 0.05) is 0 Å². The lowest BCUT2D eigenvalue weighted by atomic mass is 10.1. The third kappa shape index (κ3) is 3.03. The molecule has 24 heavy (non-hydrogen) atoms. The number of carbonyl (C=O) groups is 1. The number of carbonyl (C=O) groups excluding carboxylic acids is 1. The van der Waals surface area contributed by atoms with Gasteiger partial charge < -0.3 is 9.72 Å². The third-order valence-electron chi connectivity index (χ3n) is 3.73. The number of nitrogens with zero attached hydrogens (tertiary/aromatic N) is 1. The van der Waals surface area contributed by atoms with Crippen molar-refractivity contribution in [1.29, 1.82) is 0 Å². The number of halogens is 1. The summed E-state index contributed by atoms with van der Waals surface area (Å²) in [5.74, 6) is -0.915. The van der Waals surface area contributed by atoms with Crippen molar-refractivity contribution < 1.29 is 13.9 Å². The molecular weight excluding hydrogens is 311 g/mol. The van der Waals surface area contributed by atoms with Crippen molar-refractivity contribution in [3.8, 4) is 0 Å². The van der Waals surface area contributed by atoms with E-state index in [1.165, 1.54) is 12.1 Å². The minimum atomic E-state index is -0.679. The monoisotopic (exact) mass is 326 g/mol. The number of aromatic amines is 1. The van der Waals surface area contributed by atoms with E-state index in [9.17, 15) is 14.0 Å². The van der Waals surface area contributed by atoms with Crippen LogP contribution in [0.25, 0.3) is 10.9 Å². The summed E-state index contributed by atoms with van der Waals surface area (Å²) >= 11 is 0. The van der Waals surface area contributed by atoms with E-state index in [4.69, 9.17) is 4.74 Å². The fourth-order valence-corrected chi connectivity index (χ4v) is 2.36. The van der Waals surface area contributed by atoms with Crippen molar-refractivity contribution in [2.24, 2.45) is 0 Å². The van der Waals surface area contributed by atoms with Crippen LogP contribution in [-0.4, -0.2) is 15.9 Å². The van der Waals surface area contributed by atoms with E-state index >= 15 is 0 Å². The van der Waals surface area contributed by atoms with Crippen molar-refractivity contribution in [1.82, 2.24) is 9.97 Å². The van der Waals surface area contributed by atoms with Gasteiger partial charge in [0.05, 0.1) is 16.5 Å². The fraction of sp³-hybridized carbons (Fsp3) is 0.167. The minimum absolute atomic E-state index is 0.109. The number of hydrogen-bond donors (Lipinski definition) is 1. The molecule has 0 saturated heterocycles. The van der Waals surface area contributed by atoms with E-state index in [1.54, 1.807) is 19.1 Å². The van der Waals surface area contributed by atoms with E-state index in [0.29, 0.717) is 16.5 Å². The summed E-state index contributed by atoms with van der Waals surface area (Å²) in [7, 11) is 0. The number of rotatable bonds is 3. The number of ether oxygens (including phenoxy) is 1. The van der Waals surface area contributed by atoms with Gasteiger partial charge in [-0.2, -0.15) is 0 Å². The van der Waals surface area contributed by atoms with Gasteiger partial charge in [0.25, 0.3) is 5.56 Å². The molecule has 1 aromatic heterocycles. The van der Waals surface area contributed by atoms with Crippen LogP contribution in [0.3, 0.4) is 0 Å². The van der Waals surface area contributed by atoms with Crippen molar-refractivity contribution in [2.75, 3.05) is 0 Å². The first-order valence-electron chi connectivity index (χ1n) is 7.37. The summed E-state index contributed by atoms with van der Waals surface area (Å²) in [5, 5.41) is 0.477. The van der Waals surface area contributed by atoms with Crippen LogP contribution in [-0.2, 0) is 11.3 Å². The molecule has 6 heteroatoms. The molecule has 0 spiro atoms. The smallest absolute Gasteiger partial charge is 0.338 e. The lowest BCUT2D eigenvalue weighted by molar-refractivity contribution is 0.0461. The molecular formula is C18H15FN2O3. The van der Waals surface area contributed by atoms with Crippen LogP contribution in [0.2, 0.25) is 0 Å².